The van der Waals surface area contributed by atoms with Gasteiger partial charge in [-0.2, -0.15) is 5.10 Å². The molecule has 0 bridgehead atoms. The van der Waals surface area contributed by atoms with Gasteiger partial charge in [-0.15, -0.1) is 0 Å². The summed E-state index contributed by atoms with van der Waals surface area (Å²) < 4.78 is 5.22. The molecule has 1 heterocycles. The van der Waals surface area contributed by atoms with Gasteiger partial charge in [0.1, 0.15) is 5.71 Å². The van der Waals surface area contributed by atoms with Crippen molar-refractivity contribution in [2.24, 2.45) is 5.10 Å². The van der Waals surface area contributed by atoms with Crippen molar-refractivity contribution >= 4 is 58.1 Å². The van der Waals surface area contributed by atoms with Crippen molar-refractivity contribution in [3.8, 4) is 0 Å². The first-order valence-electron chi connectivity index (χ1n) is 8.78. The number of amides is 2. The molecule has 9 heteroatoms. The molecule has 1 aliphatic heterocycles. The Labute approximate surface area is 177 Å². The molecule has 0 saturated carbocycles. The third kappa shape index (κ3) is 4.93. The van der Waals surface area contributed by atoms with Crippen LogP contribution in [-0.2, 0) is 19.1 Å². The number of ether oxygens (including phenoxy) is 1. The minimum absolute atomic E-state index is 0.0638. The number of halogens is 2. The Bertz CT molecular complexity index is 979. The number of esters is 1. The van der Waals surface area contributed by atoms with Crippen LogP contribution in [-0.4, -0.2) is 29.6 Å². The molecule has 1 N–H and O–H groups in total. The molecule has 7 nitrogen and oxygen atoms in total. The molecular formula is C20H17Cl2N3O4. The summed E-state index contributed by atoms with van der Waals surface area (Å²) in [7, 11) is 0. The molecule has 0 aromatic heterocycles. The van der Waals surface area contributed by atoms with Crippen LogP contribution in [0.4, 0.5) is 11.4 Å². The van der Waals surface area contributed by atoms with E-state index in [0.29, 0.717) is 11.4 Å². The van der Waals surface area contributed by atoms with Gasteiger partial charge in [-0.05, 0) is 31.2 Å². The lowest BCUT2D eigenvalue weighted by atomic mass is 10.1. The van der Waals surface area contributed by atoms with E-state index in [1.807, 2.05) is 6.07 Å². The van der Waals surface area contributed by atoms with E-state index in [4.69, 9.17) is 27.9 Å². The van der Waals surface area contributed by atoms with Crippen molar-refractivity contribution < 1.29 is 19.1 Å². The molecule has 2 aromatic rings. The molecule has 2 amide bonds. The molecule has 1 atom stereocenters. The van der Waals surface area contributed by atoms with Crippen molar-refractivity contribution in [1.29, 1.82) is 0 Å². The van der Waals surface area contributed by atoms with E-state index in [1.54, 1.807) is 42.5 Å². The number of carbonyl (C=O) groups excluding carboxylic acids is 3. The Kier molecular flexibility index (Phi) is 6.51. The maximum Gasteiger partial charge on any atom is 0.355 e. The fraction of sp³-hybridized carbons (Fsp3) is 0.200. The Balaban J connectivity index is 1.68. The van der Waals surface area contributed by atoms with Gasteiger partial charge in [-0.1, -0.05) is 47.5 Å². The topological polar surface area (TPSA) is 88.1 Å². The Morgan fingerprint density at radius 3 is 2.55 bits per heavy atom. The summed E-state index contributed by atoms with van der Waals surface area (Å²) in [6.07, 6.45) is -0.861. The highest BCUT2D eigenvalue weighted by molar-refractivity contribution is 6.44. The predicted molar refractivity (Wildman–Crippen MR) is 111 cm³/mol. The number of hydrogen-bond donors (Lipinski definition) is 1. The normalized spacial score (nSPS) is 14.8. The van der Waals surface area contributed by atoms with Crippen molar-refractivity contribution in [1.82, 2.24) is 0 Å². The molecule has 0 radical (unpaired) electrons. The minimum Gasteiger partial charge on any atom is -0.448 e. The summed E-state index contributed by atoms with van der Waals surface area (Å²) in [5.74, 6) is -1.57. The zero-order valence-corrected chi connectivity index (χ0v) is 16.9. The Morgan fingerprint density at radius 1 is 1.10 bits per heavy atom. The highest BCUT2D eigenvalue weighted by atomic mass is 35.5. The van der Waals surface area contributed by atoms with E-state index >= 15 is 0 Å². The van der Waals surface area contributed by atoms with Gasteiger partial charge in [0, 0.05) is 12.8 Å². The second kappa shape index (κ2) is 9.07. The second-order valence-electron chi connectivity index (χ2n) is 6.23. The van der Waals surface area contributed by atoms with E-state index in [2.05, 4.69) is 10.4 Å². The molecule has 1 unspecified atom stereocenters. The monoisotopic (exact) mass is 433 g/mol. The maximum atomic E-state index is 12.5. The first kappa shape index (κ1) is 20.8. The van der Waals surface area contributed by atoms with Gasteiger partial charge in [0.25, 0.3) is 5.91 Å². The third-order valence-electron chi connectivity index (χ3n) is 4.13. The fourth-order valence-electron chi connectivity index (χ4n) is 2.59. The number of hydrazone groups is 1. The zero-order chi connectivity index (χ0) is 21.0. The van der Waals surface area contributed by atoms with Crippen LogP contribution in [0.1, 0.15) is 19.8 Å². The largest absolute Gasteiger partial charge is 0.448 e. The van der Waals surface area contributed by atoms with E-state index in [-0.39, 0.29) is 34.5 Å². The predicted octanol–water partition coefficient (Wildman–Crippen LogP) is 4.05. The average Bonchev–Trinajstić information content (AvgIpc) is 2.72. The summed E-state index contributed by atoms with van der Waals surface area (Å²) in [4.78, 5) is 36.9. The number of hydrogen-bond acceptors (Lipinski definition) is 5. The molecule has 150 valence electrons. The summed E-state index contributed by atoms with van der Waals surface area (Å²) in [6, 6.07) is 13.5. The van der Waals surface area contributed by atoms with Crippen molar-refractivity contribution in [3.05, 3.63) is 58.6 Å². The lowest BCUT2D eigenvalue weighted by molar-refractivity contribution is -0.146. The highest BCUT2D eigenvalue weighted by Crippen LogP contribution is 2.29. The van der Waals surface area contributed by atoms with Gasteiger partial charge in [0.05, 0.1) is 21.4 Å². The Hall–Kier alpha value is -2.90. The first-order valence-corrected chi connectivity index (χ1v) is 9.53. The summed E-state index contributed by atoms with van der Waals surface area (Å²) in [5, 5.41) is 8.32. The number of carbonyl (C=O) groups is 3. The van der Waals surface area contributed by atoms with Crippen LogP contribution in [0, 0.1) is 0 Å². The van der Waals surface area contributed by atoms with E-state index in [1.165, 1.54) is 6.92 Å². The van der Waals surface area contributed by atoms with E-state index in [0.717, 1.165) is 5.01 Å². The molecule has 0 fully saturated rings. The lowest BCUT2D eigenvalue weighted by Gasteiger charge is -2.23. The smallest absolute Gasteiger partial charge is 0.355 e. The third-order valence-corrected chi connectivity index (χ3v) is 4.95. The van der Waals surface area contributed by atoms with Crippen LogP contribution in [0.5, 0.6) is 0 Å². The molecule has 3 rings (SSSR count). The first-order chi connectivity index (χ1) is 13.9. The van der Waals surface area contributed by atoms with Gasteiger partial charge in [-0.25, -0.2) is 9.80 Å². The minimum atomic E-state index is -1.11. The Morgan fingerprint density at radius 2 is 1.83 bits per heavy atom. The van der Waals surface area contributed by atoms with Crippen LogP contribution in [0.2, 0.25) is 10.0 Å². The number of nitrogens with one attached hydrogen (secondary N) is 1. The molecule has 0 saturated heterocycles. The number of rotatable bonds is 5. The fourth-order valence-corrected chi connectivity index (χ4v) is 2.94. The van der Waals surface area contributed by atoms with Gasteiger partial charge < -0.3 is 10.1 Å². The molecule has 2 aromatic carbocycles. The highest BCUT2D eigenvalue weighted by Gasteiger charge is 2.28. The van der Waals surface area contributed by atoms with Gasteiger partial charge >= 0.3 is 5.97 Å². The van der Waals surface area contributed by atoms with Crippen LogP contribution in [0.3, 0.4) is 0 Å². The molecule has 0 aliphatic carbocycles. The lowest BCUT2D eigenvalue weighted by Crippen LogP contribution is -2.37. The van der Waals surface area contributed by atoms with E-state index < -0.39 is 18.0 Å². The molecule has 29 heavy (non-hydrogen) atoms. The van der Waals surface area contributed by atoms with Crippen molar-refractivity contribution in [2.45, 2.75) is 25.9 Å². The number of benzene rings is 2. The summed E-state index contributed by atoms with van der Waals surface area (Å²) in [5.41, 5.74) is 0.917. The van der Waals surface area contributed by atoms with Gasteiger partial charge in [0.15, 0.2) is 6.10 Å². The number of nitrogens with zero attached hydrogens (tertiary/aromatic N) is 2. The van der Waals surface area contributed by atoms with E-state index in [9.17, 15) is 14.4 Å². The quantitative estimate of drug-likeness (QED) is 0.720. The summed E-state index contributed by atoms with van der Waals surface area (Å²) >= 11 is 12.0. The number of para-hydroxylation sites is 1. The van der Waals surface area contributed by atoms with Crippen LogP contribution in [0.25, 0.3) is 0 Å². The van der Waals surface area contributed by atoms with Gasteiger partial charge in [-0.3, -0.25) is 9.59 Å². The standard InChI is InChI=1S/C20H17Cl2N3O4/c1-12(19(27)23-15-9-5-8-14(21)18(15)22)29-20(28)16-10-11-17(26)25(24-16)13-6-3-2-4-7-13/h2-9,12H,10-11H2,1H3,(H,23,27). The average molecular weight is 434 g/mol. The van der Waals surface area contributed by atoms with Gasteiger partial charge in [0.2, 0.25) is 5.91 Å². The van der Waals surface area contributed by atoms with Crippen molar-refractivity contribution in [3.63, 3.8) is 0 Å². The van der Waals surface area contributed by atoms with Crippen LogP contribution in [0.15, 0.2) is 53.6 Å². The molecule has 0 spiro atoms. The maximum absolute atomic E-state index is 12.5. The molecular weight excluding hydrogens is 417 g/mol. The zero-order valence-electron chi connectivity index (χ0n) is 15.4. The van der Waals surface area contributed by atoms with Crippen molar-refractivity contribution in [2.75, 3.05) is 10.3 Å². The number of anilines is 2. The summed E-state index contributed by atoms with van der Waals surface area (Å²) in [6.45, 7) is 1.43. The second-order valence-corrected chi connectivity index (χ2v) is 7.01. The van der Waals surface area contributed by atoms with Crippen LogP contribution >= 0.6 is 23.2 Å². The molecule has 1 aliphatic rings. The SMILES string of the molecule is CC(OC(=O)C1=NN(c2ccccc2)C(=O)CC1)C(=O)Nc1cccc(Cl)c1Cl. The van der Waals surface area contributed by atoms with Crippen LogP contribution < -0.4 is 10.3 Å².